The molecule has 2 heterocycles. The van der Waals surface area contributed by atoms with Crippen molar-refractivity contribution >= 4 is 60.5 Å². The van der Waals surface area contributed by atoms with Crippen molar-refractivity contribution in [2.75, 3.05) is 15.8 Å². The Labute approximate surface area is 163 Å². The molecule has 11 heteroatoms. The fourth-order valence-electron chi connectivity index (χ4n) is 2.36. The first-order chi connectivity index (χ1) is 12.8. The van der Waals surface area contributed by atoms with Crippen molar-refractivity contribution in [3.63, 3.8) is 0 Å². The molecule has 142 valence electrons. The zero-order valence-electron chi connectivity index (χ0n) is 14.0. The van der Waals surface area contributed by atoms with Crippen LogP contribution in [0.5, 0.6) is 0 Å². The van der Waals surface area contributed by atoms with E-state index in [1.165, 1.54) is 29.8 Å². The van der Waals surface area contributed by atoms with Gasteiger partial charge in [-0.15, -0.1) is 11.3 Å². The zero-order chi connectivity index (χ0) is 19.6. The number of amides is 1. The molecule has 0 fully saturated rings. The van der Waals surface area contributed by atoms with Crippen LogP contribution >= 0.6 is 22.9 Å². The second-order valence-corrected chi connectivity index (χ2v) is 8.70. The molecule has 0 saturated heterocycles. The summed E-state index contributed by atoms with van der Waals surface area (Å²) in [5, 5.41) is 3.91. The highest BCUT2D eigenvalue weighted by Crippen LogP contribution is 2.32. The lowest BCUT2D eigenvalue weighted by Crippen LogP contribution is -2.18. The van der Waals surface area contributed by atoms with Gasteiger partial charge in [0, 0.05) is 11.6 Å². The fourth-order valence-corrected chi connectivity index (χ4v) is 4.54. The highest BCUT2D eigenvalue weighted by Gasteiger charge is 2.21. The lowest BCUT2D eigenvalue weighted by atomic mass is 10.2. The Kier molecular flexibility index (Phi) is 5.59. The van der Waals surface area contributed by atoms with Crippen molar-refractivity contribution in [2.45, 2.75) is 13.3 Å². The van der Waals surface area contributed by atoms with Gasteiger partial charge in [-0.05, 0) is 18.6 Å². The van der Waals surface area contributed by atoms with E-state index in [1.807, 2.05) is 0 Å². The van der Waals surface area contributed by atoms with Gasteiger partial charge in [0.1, 0.15) is 6.33 Å². The first kappa shape index (κ1) is 19.5. The van der Waals surface area contributed by atoms with Crippen LogP contribution in [0.2, 0.25) is 5.02 Å². The maximum atomic E-state index is 14.8. The number of benzene rings is 1. The summed E-state index contributed by atoms with van der Waals surface area (Å²) in [4.78, 5) is 20.5. The van der Waals surface area contributed by atoms with Gasteiger partial charge < -0.3 is 5.32 Å². The van der Waals surface area contributed by atoms with Gasteiger partial charge in [0.25, 0.3) is 5.91 Å². The van der Waals surface area contributed by atoms with Gasteiger partial charge in [0.05, 0.1) is 37.9 Å². The van der Waals surface area contributed by atoms with Crippen LogP contribution in [0.15, 0.2) is 30.0 Å². The molecule has 0 unspecified atom stereocenters. The predicted octanol–water partition coefficient (Wildman–Crippen LogP) is 3.89. The van der Waals surface area contributed by atoms with Gasteiger partial charge in [-0.1, -0.05) is 18.5 Å². The van der Waals surface area contributed by atoms with E-state index in [4.69, 9.17) is 11.6 Å². The summed E-state index contributed by atoms with van der Waals surface area (Å²) in [7, 11) is -3.70. The molecule has 0 radical (unpaired) electrons. The smallest absolute Gasteiger partial charge is 0.258 e. The molecule has 0 atom stereocenters. The molecule has 2 N–H and O–H groups in total. The minimum absolute atomic E-state index is 0.0616. The second-order valence-electron chi connectivity index (χ2n) is 5.54. The van der Waals surface area contributed by atoms with E-state index < -0.39 is 21.7 Å². The van der Waals surface area contributed by atoms with E-state index in [2.05, 4.69) is 20.0 Å². The van der Waals surface area contributed by atoms with Crippen LogP contribution in [0, 0.1) is 5.82 Å². The average Bonchev–Trinajstić information content (AvgIpc) is 3.05. The van der Waals surface area contributed by atoms with E-state index in [0.29, 0.717) is 16.6 Å². The highest BCUT2D eigenvalue weighted by atomic mass is 35.5. The lowest BCUT2D eigenvalue weighted by Gasteiger charge is -2.13. The van der Waals surface area contributed by atoms with Crippen molar-refractivity contribution in [1.29, 1.82) is 0 Å². The largest absolute Gasteiger partial charge is 0.318 e. The number of thiophene rings is 1. The summed E-state index contributed by atoms with van der Waals surface area (Å²) >= 11 is 7.28. The van der Waals surface area contributed by atoms with E-state index >= 15 is 0 Å². The Balaban J connectivity index is 1.92. The molecule has 27 heavy (non-hydrogen) atoms. The van der Waals surface area contributed by atoms with Crippen LogP contribution in [-0.4, -0.2) is 30.0 Å². The standard InChI is InChI=1S/C16H14ClFN4O3S2/c1-2-5-27(24,25)22-11-4-3-10(17)15(13(11)18)21-16(23)9-7-26-12-6-19-8-20-14(9)12/h3-4,6-8,22H,2,5H2,1H3,(H,21,23). The highest BCUT2D eigenvalue weighted by molar-refractivity contribution is 7.92. The van der Waals surface area contributed by atoms with Crippen molar-refractivity contribution < 1.29 is 17.6 Å². The van der Waals surface area contributed by atoms with Crippen LogP contribution in [0.3, 0.4) is 0 Å². The van der Waals surface area contributed by atoms with Crippen LogP contribution in [0.1, 0.15) is 23.7 Å². The molecule has 7 nitrogen and oxygen atoms in total. The normalized spacial score (nSPS) is 11.5. The topological polar surface area (TPSA) is 101 Å². The first-order valence-electron chi connectivity index (χ1n) is 7.79. The average molecular weight is 429 g/mol. The summed E-state index contributed by atoms with van der Waals surface area (Å²) in [6.45, 7) is 1.69. The van der Waals surface area contributed by atoms with Crippen LogP contribution in [-0.2, 0) is 10.0 Å². The fraction of sp³-hybridized carbons (Fsp3) is 0.188. The van der Waals surface area contributed by atoms with Crippen molar-refractivity contribution in [3.8, 4) is 0 Å². The number of rotatable bonds is 6. The SMILES string of the molecule is CCCS(=O)(=O)Nc1ccc(Cl)c(NC(=O)c2csc3cncnc23)c1F. The summed E-state index contributed by atoms with van der Waals surface area (Å²) < 4.78 is 41.4. The molecule has 0 spiro atoms. The minimum Gasteiger partial charge on any atom is -0.318 e. The monoisotopic (exact) mass is 428 g/mol. The Hall–Kier alpha value is -2.30. The Morgan fingerprint density at radius 2 is 2.15 bits per heavy atom. The molecular formula is C16H14ClFN4O3S2. The molecule has 2 aromatic heterocycles. The third-order valence-electron chi connectivity index (χ3n) is 3.55. The van der Waals surface area contributed by atoms with Gasteiger partial charge >= 0.3 is 0 Å². The Morgan fingerprint density at radius 3 is 2.89 bits per heavy atom. The first-order valence-corrected chi connectivity index (χ1v) is 10.7. The van der Waals surface area contributed by atoms with Gasteiger partial charge in [-0.2, -0.15) is 0 Å². The third-order valence-corrected chi connectivity index (χ3v) is 6.25. The number of carbonyl (C=O) groups excluding carboxylic acids is 1. The Bertz CT molecular complexity index is 1120. The van der Waals surface area contributed by atoms with E-state index in [0.717, 1.165) is 0 Å². The number of anilines is 2. The molecule has 3 rings (SSSR count). The van der Waals surface area contributed by atoms with Crippen molar-refractivity contribution in [2.24, 2.45) is 0 Å². The van der Waals surface area contributed by atoms with Crippen LogP contribution in [0.4, 0.5) is 15.8 Å². The quantitative estimate of drug-likeness (QED) is 0.620. The summed E-state index contributed by atoms with van der Waals surface area (Å²) in [5.74, 6) is -1.74. The number of aromatic nitrogens is 2. The molecule has 3 aromatic rings. The van der Waals surface area contributed by atoms with Crippen molar-refractivity contribution in [3.05, 3.63) is 46.4 Å². The number of hydrogen-bond acceptors (Lipinski definition) is 6. The number of nitrogens with zero attached hydrogens (tertiary/aromatic N) is 2. The van der Waals surface area contributed by atoms with Gasteiger partial charge in [-0.3, -0.25) is 9.52 Å². The van der Waals surface area contributed by atoms with E-state index in [9.17, 15) is 17.6 Å². The number of hydrogen-bond donors (Lipinski definition) is 2. The summed E-state index contributed by atoms with van der Waals surface area (Å²) in [5.41, 5.74) is 0.0705. The van der Waals surface area contributed by atoms with E-state index in [-0.39, 0.29) is 27.7 Å². The molecule has 0 aliphatic carbocycles. The molecule has 0 aliphatic rings. The molecular weight excluding hydrogens is 415 g/mol. The number of carbonyl (C=O) groups is 1. The number of halogens is 2. The maximum absolute atomic E-state index is 14.8. The zero-order valence-corrected chi connectivity index (χ0v) is 16.4. The van der Waals surface area contributed by atoms with Gasteiger partial charge in [-0.25, -0.2) is 22.8 Å². The number of fused-ring (bicyclic) bond motifs is 1. The van der Waals surface area contributed by atoms with Gasteiger partial charge in [0.15, 0.2) is 5.82 Å². The molecule has 0 bridgehead atoms. The predicted molar refractivity (Wildman–Crippen MR) is 104 cm³/mol. The second kappa shape index (κ2) is 7.75. The van der Waals surface area contributed by atoms with E-state index in [1.54, 1.807) is 18.5 Å². The molecule has 0 saturated carbocycles. The lowest BCUT2D eigenvalue weighted by molar-refractivity contribution is 0.102. The number of nitrogens with one attached hydrogen (secondary N) is 2. The number of sulfonamides is 1. The third kappa shape index (κ3) is 4.18. The summed E-state index contributed by atoms with van der Waals surface area (Å²) in [6.07, 6.45) is 3.25. The minimum atomic E-state index is -3.70. The molecule has 1 amide bonds. The van der Waals surface area contributed by atoms with Crippen LogP contribution in [0.25, 0.3) is 10.2 Å². The molecule has 0 aliphatic heterocycles. The summed E-state index contributed by atoms with van der Waals surface area (Å²) in [6, 6.07) is 2.51. The Morgan fingerprint density at radius 1 is 1.37 bits per heavy atom. The van der Waals surface area contributed by atoms with Gasteiger partial charge in [0.2, 0.25) is 10.0 Å². The van der Waals surface area contributed by atoms with Crippen LogP contribution < -0.4 is 10.0 Å². The maximum Gasteiger partial charge on any atom is 0.258 e. The van der Waals surface area contributed by atoms with Crippen molar-refractivity contribution in [1.82, 2.24) is 9.97 Å². The molecule has 1 aromatic carbocycles.